The number of unbranched alkanes of at least 4 members (excludes halogenated alkanes) is 11. The molecule has 1 rings (SSSR count). The Bertz CT molecular complexity index is 601. The lowest BCUT2D eigenvalue weighted by Crippen LogP contribution is -2.37. The van der Waals surface area contributed by atoms with Gasteiger partial charge in [-0.05, 0) is 12.5 Å². The molecule has 1 aromatic heterocycles. The average Bonchev–Trinajstić information content (AvgIpc) is 2.79. The molecule has 31 heavy (non-hydrogen) atoms. The molecule has 0 aliphatic rings. The number of hydrogen-bond donors (Lipinski definition) is 1. The van der Waals surface area contributed by atoms with Crippen LogP contribution in [0.4, 0.5) is 0 Å². The van der Waals surface area contributed by atoms with Crippen molar-refractivity contribution < 1.29 is 19.1 Å². The molecule has 5 heteroatoms. The minimum absolute atomic E-state index is 0.0910. The summed E-state index contributed by atoms with van der Waals surface area (Å²) in [6.07, 6.45) is 18.3. The standard InChI is InChI=1S/C26H45N2O3/c1-3-5-6-7-8-9-10-11-12-13-14-15-19-30-23-26(22-29)31-25-17-16-24(20-27)28(21-25)18-4-2/h16-17,21,26,29H,3-15,18-19,22-23H2,1-2H3/q+1/t26-/m0/s1. The minimum Gasteiger partial charge on any atom is -0.479 e. The van der Waals surface area contributed by atoms with Gasteiger partial charge >= 0.3 is 0 Å². The molecule has 0 radical (unpaired) electrons. The number of ether oxygens (including phenoxy) is 2. The summed E-state index contributed by atoms with van der Waals surface area (Å²) in [7, 11) is 0. The highest BCUT2D eigenvalue weighted by Gasteiger charge is 2.15. The average molecular weight is 434 g/mol. The Morgan fingerprint density at radius 1 is 0.903 bits per heavy atom. The van der Waals surface area contributed by atoms with Gasteiger partial charge in [0.2, 0.25) is 6.20 Å². The normalized spacial score (nSPS) is 11.9. The summed E-state index contributed by atoms with van der Waals surface area (Å²) in [5, 5.41) is 18.8. The molecule has 0 saturated carbocycles. The number of rotatable bonds is 20. The summed E-state index contributed by atoms with van der Waals surface area (Å²) >= 11 is 0. The number of nitriles is 1. The van der Waals surface area contributed by atoms with Gasteiger partial charge in [0.25, 0.3) is 5.69 Å². The van der Waals surface area contributed by atoms with Crippen LogP contribution in [-0.2, 0) is 11.3 Å². The van der Waals surface area contributed by atoms with Gasteiger partial charge in [-0.3, -0.25) is 0 Å². The summed E-state index contributed by atoms with van der Waals surface area (Å²) in [5.74, 6) is 0.653. The third-order valence-electron chi connectivity index (χ3n) is 5.53. The zero-order chi connectivity index (χ0) is 22.6. The first-order chi connectivity index (χ1) is 15.2. The number of aryl methyl sites for hydroxylation is 1. The highest BCUT2D eigenvalue weighted by atomic mass is 16.5. The third-order valence-corrected chi connectivity index (χ3v) is 5.53. The number of aliphatic hydroxyl groups excluding tert-OH is 1. The molecule has 0 aliphatic carbocycles. The second-order valence-corrected chi connectivity index (χ2v) is 8.44. The number of pyridine rings is 1. The number of hydrogen-bond acceptors (Lipinski definition) is 4. The van der Waals surface area contributed by atoms with E-state index in [4.69, 9.17) is 9.47 Å². The lowest BCUT2D eigenvalue weighted by Gasteiger charge is -2.16. The smallest absolute Gasteiger partial charge is 0.283 e. The lowest BCUT2D eigenvalue weighted by atomic mass is 10.1. The first-order valence-electron chi connectivity index (χ1n) is 12.5. The van der Waals surface area contributed by atoms with Crippen molar-refractivity contribution >= 4 is 0 Å². The van der Waals surface area contributed by atoms with Gasteiger partial charge in [-0.25, -0.2) is 0 Å². The van der Waals surface area contributed by atoms with Gasteiger partial charge in [0.15, 0.2) is 11.8 Å². The van der Waals surface area contributed by atoms with Crippen LogP contribution in [0, 0.1) is 11.3 Å². The van der Waals surface area contributed by atoms with Crippen molar-refractivity contribution in [3.8, 4) is 11.8 Å². The molecule has 0 saturated heterocycles. The van der Waals surface area contributed by atoms with Gasteiger partial charge in [-0.15, -0.1) is 0 Å². The summed E-state index contributed by atoms with van der Waals surface area (Å²) in [6.45, 7) is 6.10. The molecule has 1 heterocycles. The highest BCUT2D eigenvalue weighted by Crippen LogP contribution is 2.13. The van der Waals surface area contributed by atoms with Crippen LogP contribution >= 0.6 is 0 Å². The van der Waals surface area contributed by atoms with E-state index in [0.717, 1.165) is 19.4 Å². The Labute approximate surface area is 190 Å². The van der Waals surface area contributed by atoms with Crippen LogP contribution < -0.4 is 9.30 Å². The van der Waals surface area contributed by atoms with Crippen molar-refractivity contribution in [2.75, 3.05) is 19.8 Å². The molecule has 1 N–H and O–H groups in total. The Balaban J connectivity index is 2.08. The minimum atomic E-state index is -0.389. The van der Waals surface area contributed by atoms with Crippen LogP contribution in [0.1, 0.15) is 103 Å². The fourth-order valence-corrected chi connectivity index (χ4v) is 3.70. The maximum absolute atomic E-state index is 9.60. The largest absolute Gasteiger partial charge is 0.479 e. The van der Waals surface area contributed by atoms with Crippen LogP contribution in [0.15, 0.2) is 18.3 Å². The highest BCUT2D eigenvalue weighted by molar-refractivity contribution is 5.22. The fourth-order valence-electron chi connectivity index (χ4n) is 3.70. The van der Waals surface area contributed by atoms with Crippen molar-refractivity contribution in [2.24, 2.45) is 0 Å². The molecule has 0 aliphatic heterocycles. The Kier molecular flexibility index (Phi) is 16.9. The van der Waals surface area contributed by atoms with Crippen molar-refractivity contribution in [3.05, 3.63) is 24.0 Å². The van der Waals surface area contributed by atoms with Crippen molar-refractivity contribution in [1.82, 2.24) is 0 Å². The van der Waals surface area contributed by atoms with Crippen LogP contribution in [0.25, 0.3) is 0 Å². The number of aromatic nitrogens is 1. The summed E-state index contributed by atoms with van der Waals surface area (Å²) in [5.41, 5.74) is 0.609. The van der Waals surface area contributed by atoms with E-state index >= 15 is 0 Å². The number of aliphatic hydroxyl groups is 1. The molecule has 1 aromatic rings. The van der Waals surface area contributed by atoms with Crippen LogP contribution in [0.3, 0.4) is 0 Å². The van der Waals surface area contributed by atoms with Crippen LogP contribution in [0.5, 0.6) is 5.75 Å². The Hall–Kier alpha value is -1.64. The van der Waals surface area contributed by atoms with E-state index in [0.29, 0.717) is 24.7 Å². The SMILES string of the molecule is CCCCCCCCCCCCCCOC[C@H](CO)Oc1ccc(C#N)[n+](CCC)c1. The van der Waals surface area contributed by atoms with Gasteiger partial charge < -0.3 is 14.6 Å². The van der Waals surface area contributed by atoms with Gasteiger partial charge in [-0.1, -0.05) is 84.5 Å². The maximum Gasteiger partial charge on any atom is 0.283 e. The van der Waals surface area contributed by atoms with E-state index in [-0.39, 0.29) is 12.7 Å². The molecule has 5 nitrogen and oxygen atoms in total. The fraction of sp³-hybridized carbons (Fsp3) is 0.769. The Morgan fingerprint density at radius 3 is 2.06 bits per heavy atom. The topological polar surface area (TPSA) is 66.4 Å². The second kappa shape index (κ2) is 19.1. The lowest BCUT2D eigenvalue weighted by molar-refractivity contribution is -0.699. The molecule has 0 bridgehead atoms. The second-order valence-electron chi connectivity index (χ2n) is 8.44. The molecular formula is C26H45N2O3+. The molecule has 0 spiro atoms. The number of nitrogens with zero attached hydrogens (tertiary/aromatic N) is 2. The predicted octanol–water partition coefficient (Wildman–Crippen LogP) is 5.71. The molecule has 0 fully saturated rings. The molecule has 1 atom stereocenters. The first-order valence-corrected chi connectivity index (χ1v) is 12.5. The van der Waals surface area contributed by atoms with E-state index in [2.05, 4.69) is 19.9 Å². The zero-order valence-corrected chi connectivity index (χ0v) is 20.0. The predicted molar refractivity (Wildman–Crippen MR) is 125 cm³/mol. The van der Waals surface area contributed by atoms with E-state index in [1.54, 1.807) is 12.1 Å². The van der Waals surface area contributed by atoms with Gasteiger partial charge in [0.05, 0.1) is 13.2 Å². The molecule has 0 aromatic carbocycles. The maximum atomic E-state index is 9.60. The third kappa shape index (κ3) is 13.4. The van der Waals surface area contributed by atoms with E-state index in [1.165, 1.54) is 70.6 Å². The zero-order valence-electron chi connectivity index (χ0n) is 20.0. The van der Waals surface area contributed by atoms with Crippen molar-refractivity contribution in [3.63, 3.8) is 0 Å². The first kappa shape index (κ1) is 27.4. The van der Waals surface area contributed by atoms with Crippen molar-refractivity contribution in [2.45, 2.75) is 110 Å². The molecular weight excluding hydrogens is 388 g/mol. The van der Waals surface area contributed by atoms with Gasteiger partial charge in [0.1, 0.15) is 12.6 Å². The molecule has 176 valence electrons. The molecule has 0 amide bonds. The van der Waals surface area contributed by atoms with Crippen LogP contribution in [-0.4, -0.2) is 31.0 Å². The van der Waals surface area contributed by atoms with Crippen LogP contribution in [0.2, 0.25) is 0 Å². The molecule has 0 unspecified atom stereocenters. The Morgan fingerprint density at radius 2 is 1.52 bits per heavy atom. The quantitative estimate of drug-likeness (QED) is 0.211. The van der Waals surface area contributed by atoms with E-state index < -0.39 is 0 Å². The monoisotopic (exact) mass is 433 g/mol. The van der Waals surface area contributed by atoms with E-state index in [9.17, 15) is 10.4 Å². The summed E-state index contributed by atoms with van der Waals surface area (Å²) in [4.78, 5) is 0. The van der Waals surface area contributed by atoms with Crippen molar-refractivity contribution in [1.29, 1.82) is 5.26 Å². The summed E-state index contributed by atoms with van der Waals surface area (Å²) < 4.78 is 13.5. The summed E-state index contributed by atoms with van der Waals surface area (Å²) in [6, 6.07) is 5.72. The van der Waals surface area contributed by atoms with Gasteiger partial charge in [-0.2, -0.15) is 9.83 Å². The van der Waals surface area contributed by atoms with Gasteiger partial charge in [0, 0.05) is 19.1 Å². The van der Waals surface area contributed by atoms with E-state index in [1.807, 2.05) is 10.8 Å².